The zero-order chi connectivity index (χ0) is 14.5. The molecule has 0 aromatic heterocycles. The summed E-state index contributed by atoms with van der Waals surface area (Å²) in [5, 5.41) is 3.78. The van der Waals surface area contributed by atoms with Crippen LogP contribution in [0.15, 0.2) is 42.5 Å². The van der Waals surface area contributed by atoms with Crippen LogP contribution in [0.1, 0.15) is 19.4 Å². The van der Waals surface area contributed by atoms with Crippen molar-refractivity contribution in [3.63, 3.8) is 0 Å². The second kappa shape index (κ2) is 6.73. The molecule has 0 atom stereocenters. The topological polar surface area (TPSA) is 21.3 Å². The molecule has 2 rings (SSSR count). The molecule has 0 saturated heterocycles. The van der Waals surface area contributed by atoms with E-state index >= 15 is 0 Å². The third-order valence-corrected chi connectivity index (χ3v) is 3.09. The molecule has 0 amide bonds. The van der Waals surface area contributed by atoms with Crippen molar-refractivity contribution in [3.05, 3.63) is 58.9 Å². The summed E-state index contributed by atoms with van der Waals surface area (Å²) in [6.45, 7) is 4.61. The summed E-state index contributed by atoms with van der Waals surface area (Å²) in [7, 11) is 0. The van der Waals surface area contributed by atoms with Crippen LogP contribution >= 0.6 is 11.6 Å². The van der Waals surface area contributed by atoms with E-state index in [0.717, 1.165) is 5.56 Å². The predicted octanol–water partition coefficient (Wildman–Crippen LogP) is 4.77. The SMILES string of the molecule is CC(C)NCc1cc(F)ccc1Oc1ccccc1Cl. The Morgan fingerprint density at radius 1 is 1.15 bits per heavy atom. The Morgan fingerprint density at radius 3 is 2.60 bits per heavy atom. The number of nitrogens with one attached hydrogen (secondary N) is 1. The lowest BCUT2D eigenvalue weighted by atomic mass is 10.2. The van der Waals surface area contributed by atoms with Crippen molar-refractivity contribution < 1.29 is 9.13 Å². The zero-order valence-corrected chi connectivity index (χ0v) is 12.2. The fourth-order valence-electron chi connectivity index (χ4n) is 1.75. The molecule has 0 aliphatic rings. The number of hydrogen-bond acceptors (Lipinski definition) is 2. The first-order valence-corrected chi connectivity index (χ1v) is 6.88. The van der Waals surface area contributed by atoms with Crippen LogP contribution in [0.2, 0.25) is 5.02 Å². The molecule has 0 radical (unpaired) electrons. The first-order chi connectivity index (χ1) is 9.56. The third kappa shape index (κ3) is 3.95. The van der Waals surface area contributed by atoms with Gasteiger partial charge in [0.15, 0.2) is 0 Å². The maximum atomic E-state index is 13.4. The molecule has 0 unspecified atom stereocenters. The highest BCUT2D eigenvalue weighted by Gasteiger charge is 2.09. The van der Waals surface area contributed by atoms with E-state index < -0.39 is 0 Å². The minimum absolute atomic E-state index is 0.280. The van der Waals surface area contributed by atoms with Gasteiger partial charge in [-0.1, -0.05) is 37.6 Å². The van der Waals surface area contributed by atoms with Crippen molar-refractivity contribution >= 4 is 11.6 Å². The molecule has 0 heterocycles. The summed E-state index contributed by atoms with van der Waals surface area (Å²) < 4.78 is 19.2. The average Bonchev–Trinajstić information content (AvgIpc) is 2.41. The van der Waals surface area contributed by atoms with Gasteiger partial charge in [-0.2, -0.15) is 0 Å². The normalized spacial score (nSPS) is 10.8. The molecule has 0 bridgehead atoms. The first kappa shape index (κ1) is 14.8. The van der Waals surface area contributed by atoms with E-state index in [4.69, 9.17) is 16.3 Å². The molecule has 4 heteroatoms. The van der Waals surface area contributed by atoms with Gasteiger partial charge < -0.3 is 10.1 Å². The number of hydrogen-bond donors (Lipinski definition) is 1. The Kier molecular flexibility index (Phi) is 4.99. The fourth-order valence-corrected chi connectivity index (χ4v) is 1.92. The van der Waals surface area contributed by atoms with Gasteiger partial charge in [0.2, 0.25) is 0 Å². The Morgan fingerprint density at radius 2 is 1.90 bits per heavy atom. The van der Waals surface area contributed by atoms with Crippen LogP contribution in [-0.4, -0.2) is 6.04 Å². The Hall–Kier alpha value is -1.58. The highest BCUT2D eigenvalue weighted by molar-refractivity contribution is 6.32. The van der Waals surface area contributed by atoms with Crippen molar-refractivity contribution in [1.82, 2.24) is 5.32 Å². The highest BCUT2D eigenvalue weighted by atomic mass is 35.5. The van der Waals surface area contributed by atoms with Gasteiger partial charge >= 0.3 is 0 Å². The minimum atomic E-state index is -0.280. The summed E-state index contributed by atoms with van der Waals surface area (Å²) in [4.78, 5) is 0. The molecule has 2 aromatic carbocycles. The number of ether oxygens (including phenoxy) is 1. The highest BCUT2D eigenvalue weighted by Crippen LogP contribution is 2.31. The van der Waals surface area contributed by atoms with Crippen molar-refractivity contribution in [2.24, 2.45) is 0 Å². The van der Waals surface area contributed by atoms with Crippen LogP contribution in [0, 0.1) is 5.82 Å². The Bertz CT molecular complexity index is 586. The molecule has 106 valence electrons. The molecule has 1 N–H and O–H groups in total. The first-order valence-electron chi connectivity index (χ1n) is 6.50. The van der Waals surface area contributed by atoms with Gasteiger partial charge in [-0.05, 0) is 30.3 Å². The van der Waals surface area contributed by atoms with E-state index in [1.165, 1.54) is 12.1 Å². The maximum Gasteiger partial charge on any atom is 0.146 e. The third-order valence-electron chi connectivity index (χ3n) is 2.78. The van der Waals surface area contributed by atoms with Crippen LogP contribution in [0.5, 0.6) is 11.5 Å². The van der Waals surface area contributed by atoms with E-state index in [1.54, 1.807) is 18.2 Å². The monoisotopic (exact) mass is 293 g/mol. The maximum absolute atomic E-state index is 13.4. The van der Waals surface area contributed by atoms with Crippen LogP contribution in [0.3, 0.4) is 0 Å². The second-order valence-corrected chi connectivity index (χ2v) is 5.23. The molecule has 0 saturated carbocycles. The number of halogens is 2. The molecule has 20 heavy (non-hydrogen) atoms. The lowest BCUT2D eigenvalue weighted by Crippen LogP contribution is -2.22. The molecule has 0 fully saturated rings. The van der Waals surface area contributed by atoms with E-state index in [1.807, 2.05) is 26.0 Å². The summed E-state index contributed by atoms with van der Waals surface area (Å²) in [5.41, 5.74) is 0.763. The van der Waals surface area contributed by atoms with Gasteiger partial charge in [0.1, 0.15) is 17.3 Å². The van der Waals surface area contributed by atoms with Crippen LogP contribution in [0.25, 0.3) is 0 Å². The predicted molar refractivity (Wildman–Crippen MR) is 79.9 cm³/mol. The summed E-state index contributed by atoms with van der Waals surface area (Å²) in [5.74, 6) is 0.885. The summed E-state index contributed by atoms with van der Waals surface area (Å²) in [6, 6.07) is 12.0. The molecular formula is C16H17ClFNO. The lowest BCUT2D eigenvalue weighted by Gasteiger charge is -2.14. The van der Waals surface area contributed by atoms with Gasteiger partial charge in [0.05, 0.1) is 5.02 Å². The van der Waals surface area contributed by atoms with Gasteiger partial charge in [-0.25, -0.2) is 4.39 Å². The molecule has 2 nitrogen and oxygen atoms in total. The van der Waals surface area contributed by atoms with Crippen molar-refractivity contribution in [1.29, 1.82) is 0 Å². The van der Waals surface area contributed by atoms with Crippen molar-refractivity contribution in [3.8, 4) is 11.5 Å². The van der Waals surface area contributed by atoms with Gasteiger partial charge in [0.25, 0.3) is 0 Å². The molecular weight excluding hydrogens is 277 g/mol. The van der Waals surface area contributed by atoms with E-state index in [-0.39, 0.29) is 5.82 Å². The second-order valence-electron chi connectivity index (χ2n) is 4.82. The largest absolute Gasteiger partial charge is 0.455 e. The minimum Gasteiger partial charge on any atom is -0.455 e. The Labute approximate surface area is 123 Å². The number of rotatable bonds is 5. The lowest BCUT2D eigenvalue weighted by molar-refractivity contribution is 0.467. The summed E-state index contributed by atoms with van der Waals surface area (Å²) >= 11 is 6.07. The fraction of sp³-hybridized carbons (Fsp3) is 0.250. The van der Waals surface area contributed by atoms with E-state index in [2.05, 4.69) is 5.32 Å². The standard InChI is InChI=1S/C16H17ClFNO/c1-11(2)19-10-12-9-13(18)7-8-15(12)20-16-6-4-3-5-14(16)17/h3-9,11,19H,10H2,1-2H3. The number of benzene rings is 2. The van der Waals surface area contributed by atoms with E-state index in [9.17, 15) is 4.39 Å². The molecule has 0 aliphatic heterocycles. The van der Waals surface area contributed by atoms with Gasteiger partial charge in [0, 0.05) is 18.2 Å². The number of para-hydroxylation sites is 1. The molecule has 2 aromatic rings. The van der Waals surface area contributed by atoms with Crippen LogP contribution in [0.4, 0.5) is 4.39 Å². The smallest absolute Gasteiger partial charge is 0.146 e. The average molecular weight is 294 g/mol. The van der Waals surface area contributed by atoms with E-state index in [0.29, 0.717) is 29.1 Å². The quantitative estimate of drug-likeness (QED) is 0.857. The van der Waals surface area contributed by atoms with Crippen molar-refractivity contribution in [2.45, 2.75) is 26.4 Å². The zero-order valence-electron chi connectivity index (χ0n) is 11.5. The molecule has 0 aliphatic carbocycles. The molecule has 0 spiro atoms. The Balaban J connectivity index is 2.24. The van der Waals surface area contributed by atoms with Gasteiger partial charge in [-0.3, -0.25) is 0 Å². The summed E-state index contributed by atoms with van der Waals surface area (Å²) in [6.07, 6.45) is 0. The van der Waals surface area contributed by atoms with Crippen LogP contribution < -0.4 is 10.1 Å². The van der Waals surface area contributed by atoms with Gasteiger partial charge in [-0.15, -0.1) is 0 Å². The van der Waals surface area contributed by atoms with Crippen LogP contribution in [-0.2, 0) is 6.54 Å². The van der Waals surface area contributed by atoms with Crippen molar-refractivity contribution in [2.75, 3.05) is 0 Å².